The normalized spacial score (nSPS) is 19.3. The van der Waals surface area contributed by atoms with Gasteiger partial charge in [-0.3, -0.25) is 0 Å². The molecule has 0 bridgehead atoms. The van der Waals surface area contributed by atoms with Crippen LogP contribution in [0.5, 0.6) is 0 Å². The number of nitrogens with one attached hydrogen (secondary N) is 2. The molecule has 1 aliphatic carbocycles. The molecule has 0 aliphatic heterocycles. The summed E-state index contributed by atoms with van der Waals surface area (Å²) in [6.07, 6.45) is 8.12. The van der Waals surface area contributed by atoms with Crippen LogP contribution in [0.4, 0.5) is 0 Å². The maximum atomic E-state index is 7.69. The second-order valence-corrected chi connectivity index (χ2v) is 4.69. The molecule has 0 radical (unpaired) electrons. The minimum absolute atomic E-state index is 0.247. The van der Waals surface area contributed by atoms with Crippen LogP contribution >= 0.6 is 0 Å². The van der Waals surface area contributed by atoms with Gasteiger partial charge in [0.2, 0.25) is 0 Å². The molecule has 0 spiro atoms. The zero-order chi connectivity index (χ0) is 11.3. The molecule has 0 amide bonds. The highest BCUT2D eigenvalue weighted by Gasteiger charge is 2.13. The molecule has 0 atom stereocenters. The molecule has 15 heavy (non-hydrogen) atoms. The van der Waals surface area contributed by atoms with E-state index in [1.807, 2.05) is 13.8 Å². The Bertz CT molecular complexity index is 237. The minimum atomic E-state index is 0.247. The van der Waals surface area contributed by atoms with Crippen molar-refractivity contribution in [2.75, 3.05) is 0 Å². The molecule has 0 unspecified atom stereocenters. The van der Waals surface area contributed by atoms with Crippen LogP contribution in [-0.4, -0.2) is 11.8 Å². The number of hydrogen-bond donors (Lipinski definition) is 3. The number of rotatable bonds is 4. The molecule has 1 saturated carbocycles. The smallest absolute Gasteiger partial charge is 0.0980 e. The molecule has 1 fully saturated rings. The molecule has 0 aromatic heterocycles. The van der Waals surface area contributed by atoms with Crippen molar-refractivity contribution < 1.29 is 0 Å². The van der Waals surface area contributed by atoms with Gasteiger partial charge in [0.25, 0.3) is 0 Å². The summed E-state index contributed by atoms with van der Waals surface area (Å²) in [6.45, 7) is 4.01. The first-order chi connectivity index (χ1) is 7.09. The first-order valence-electron chi connectivity index (χ1n) is 5.91. The summed E-state index contributed by atoms with van der Waals surface area (Å²) in [4.78, 5) is 0. The molecule has 3 nitrogen and oxygen atoms in total. The number of hydrogen-bond acceptors (Lipinski definition) is 3. The third-order valence-corrected chi connectivity index (χ3v) is 2.91. The van der Waals surface area contributed by atoms with Gasteiger partial charge in [-0.15, -0.1) is 0 Å². The van der Waals surface area contributed by atoms with Crippen LogP contribution in [-0.2, 0) is 0 Å². The quantitative estimate of drug-likeness (QED) is 0.622. The molecule has 4 N–H and O–H groups in total. The van der Waals surface area contributed by atoms with Gasteiger partial charge >= 0.3 is 0 Å². The Balaban J connectivity index is 2.39. The second kappa shape index (κ2) is 5.79. The molecule has 0 heterocycles. The lowest BCUT2D eigenvalue weighted by Gasteiger charge is -2.24. The summed E-state index contributed by atoms with van der Waals surface area (Å²) in [5, 5.41) is 11.0. The summed E-state index contributed by atoms with van der Waals surface area (Å²) in [6, 6.07) is 0.523. The highest BCUT2D eigenvalue weighted by atomic mass is 15.0. The molecule has 0 saturated heterocycles. The number of allylic oxidation sites excluding steroid dienone is 1. The fourth-order valence-corrected chi connectivity index (χ4v) is 1.86. The van der Waals surface area contributed by atoms with Gasteiger partial charge in [-0.25, -0.2) is 0 Å². The topological polar surface area (TPSA) is 61.9 Å². The first-order valence-corrected chi connectivity index (χ1v) is 5.91. The zero-order valence-corrected chi connectivity index (χ0v) is 9.84. The van der Waals surface area contributed by atoms with E-state index in [2.05, 4.69) is 5.32 Å². The maximum absolute atomic E-state index is 7.69. The van der Waals surface area contributed by atoms with E-state index in [1.54, 1.807) is 6.08 Å². The van der Waals surface area contributed by atoms with E-state index in [0.717, 1.165) is 0 Å². The monoisotopic (exact) mass is 209 g/mol. The van der Waals surface area contributed by atoms with Crippen molar-refractivity contribution in [3.05, 3.63) is 11.9 Å². The Morgan fingerprint density at radius 1 is 1.33 bits per heavy atom. The van der Waals surface area contributed by atoms with Crippen LogP contribution in [0.15, 0.2) is 11.9 Å². The summed E-state index contributed by atoms with van der Waals surface area (Å²) < 4.78 is 0. The van der Waals surface area contributed by atoms with Crippen molar-refractivity contribution in [1.29, 1.82) is 5.41 Å². The third-order valence-electron chi connectivity index (χ3n) is 2.91. The van der Waals surface area contributed by atoms with Gasteiger partial charge in [0.05, 0.1) is 5.82 Å². The van der Waals surface area contributed by atoms with Crippen molar-refractivity contribution >= 4 is 5.71 Å². The largest absolute Gasteiger partial charge is 0.385 e. The lowest BCUT2D eigenvalue weighted by Crippen LogP contribution is -2.34. The summed E-state index contributed by atoms with van der Waals surface area (Å²) in [5.74, 6) is 0.900. The van der Waals surface area contributed by atoms with Crippen LogP contribution < -0.4 is 11.1 Å². The number of nitrogens with two attached hydrogens (primary N) is 1. The van der Waals surface area contributed by atoms with Crippen LogP contribution in [0.3, 0.4) is 0 Å². The average Bonchev–Trinajstić information content (AvgIpc) is 2.18. The Hall–Kier alpha value is -0.990. The zero-order valence-electron chi connectivity index (χ0n) is 9.84. The minimum Gasteiger partial charge on any atom is -0.385 e. The van der Waals surface area contributed by atoms with E-state index < -0.39 is 0 Å². The maximum Gasteiger partial charge on any atom is 0.0980 e. The molecule has 3 heteroatoms. The lowest BCUT2D eigenvalue weighted by molar-refractivity contribution is 0.395. The van der Waals surface area contributed by atoms with Crippen LogP contribution in [0.2, 0.25) is 0 Å². The SMILES string of the molecule is CC(C)C(=N)/C=C(/N)NC1CCCCC1. The van der Waals surface area contributed by atoms with E-state index in [1.165, 1.54) is 32.1 Å². The van der Waals surface area contributed by atoms with Gasteiger partial charge < -0.3 is 16.5 Å². The van der Waals surface area contributed by atoms with Gasteiger partial charge in [0.1, 0.15) is 0 Å². The molecule has 86 valence electrons. The Kier molecular flexibility index (Phi) is 4.66. The van der Waals surface area contributed by atoms with Crippen LogP contribution in [0.1, 0.15) is 46.0 Å². The predicted molar refractivity (Wildman–Crippen MR) is 64.8 cm³/mol. The Morgan fingerprint density at radius 3 is 2.47 bits per heavy atom. The fraction of sp³-hybridized carbons (Fsp3) is 0.750. The van der Waals surface area contributed by atoms with E-state index >= 15 is 0 Å². The van der Waals surface area contributed by atoms with E-state index in [9.17, 15) is 0 Å². The van der Waals surface area contributed by atoms with Gasteiger partial charge in [-0.05, 0) is 24.8 Å². The Morgan fingerprint density at radius 2 is 1.93 bits per heavy atom. The fourth-order valence-electron chi connectivity index (χ4n) is 1.86. The second-order valence-electron chi connectivity index (χ2n) is 4.69. The molecule has 0 aromatic carbocycles. The predicted octanol–water partition coefficient (Wildman–Crippen LogP) is 2.38. The standard InChI is InChI=1S/C12H23N3/c1-9(2)11(13)8-12(14)15-10-6-4-3-5-7-10/h8-10,13,15H,3-7,14H2,1-2H3/b12-8-,13-11?. The van der Waals surface area contributed by atoms with Crippen molar-refractivity contribution in [3.63, 3.8) is 0 Å². The summed E-state index contributed by atoms with van der Waals surface area (Å²) >= 11 is 0. The third kappa shape index (κ3) is 4.36. The molecule has 1 rings (SSSR count). The molecular weight excluding hydrogens is 186 g/mol. The van der Waals surface area contributed by atoms with Gasteiger partial charge in [-0.1, -0.05) is 33.1 Å². The van der Waals surface area contributed by atoms with Gasteiger partial charge in [0, 0.05) is 11.8 Å². The average molecular weight is 209 g/mol. The lowest BCUT2D eigenvalue weighted by atomic mass is 9.95. The molecular formula is C12H23N3. The van der Waals surface area contributed by atoms with Gasteiger partial charge in [0.15, 0.2) is 0 Å². The first kappa shape index (κ1) is 12.1. The van der Waals surface area contributed by atoms with E-state index in [-0.39, 0.29) is 5.92 Å². The van der Waals surface area contributed by atoms with E-state index in [0.29, 0.717) is 17.6 Å². The highest BCUT2D eigenvalue weighted by molar-refractivity contribution is 5.94. The van der Waals surface area contributed by atoms with Gasteiger partial charge in [-0.2, -0.15) is 0 Å². The van der Waals surface area contributed by atoms with Crippen LogP contribution in [0, 0.1) is 11.3 Å². The summed E-state index contributed by atoms with van der Waals surface area (Å²) in [5.41, 5.74) is 6.45. The van der Waals surface area contributed by atoms with E-state index in [4.69, 9.17) is 11.1 Å². The van der Waals surface area contributed by atoms with Crippen molar-refractivity contribution in [3.8, 4) is 0 Å². The Labute approximate surface area is 92.6 Å². The van der Waals surface area contributed by atoms with Crippen molar-refractivity contribution in [2.45, 2.75) is 52.0 Å². The van der Waals surface area contributed by atoms with Crippen LogP contribution in [0.25, 0.3) is 0 Å². The summed E-state index contributed by atoms with van der Waals surface area (Å²) in [7, 11) is 0. The molecule has 1 aliphatic rings. The molecule has 0 aromatic rings. The highest BCUT2D eigenvalue weighted by Crippen LogP contribution is 2.17. The van der Waals surface area contributed by atoms with Crippen molar-refractivity contribution in [2.24, 2.45) is 11.7 Å². The van der Waals surface area contributed by atoms with Crippen molar-refractivity contribution in [1.82, 2.24) is 5.32 Å².